The monoisotopic (exact) mass is 193 g/mol. The highest BCUT2D eigenvalue weighted by Crippen LogP contribution is 2.21. The van der Waals surface area contributed by atoms with Gasteiger partial charge in [0.2, 0.25) is 0 Å². The van der Waals surface area contributed by atoms with E-state index in [1.807, 2.05) is 32.2 Å². The molecule has 0 saturated heterocycles. The molecule has 0 amide bonds. The van der Waals surface area contributed by atoms with Crippen molar-refractivity contribution in [3.63, 3.8) is 0 Å². The SMILES string of the molecule is CNC(C)c1ccc(OC)c(C=O)c1. The van der Waals surface area contributed by atoms with Crippen molar-refractivity contribution in [1.29, 1.82) is 0 Å². The van der Waals surface area contributed by atoms with Crippen molar-refractivity contribution in [2.45, 2.75) is 13.0 Å². The molecule has 1 N–H and O–H groups in total. The standard InChI is InChI=1S/C11H15NO2/c1-8(12-2)9-4-5-11(14-3)10(6-9)7-13/h4-8,12H,1-3H3. The smallest absolute Gasteiger partial charge is 0.153 e. The fourth-order valence-electron chi connectivity index (χ4n) is 1.28. The van der Waals surface area contributed by atoms with E-state index in [1.165, 1.54) is 0 Å². The van der Waals surface area contributed by atoms with Gasteiger partial charge in [0.05, 0.1) is 12.7 Å². The topological polar surface area (TPSA) is 38.3 Å². The molecule has 0 aliphatic heterocycles. The van der Waals surface area contributed by atoms with E-state index in [1.54, 1.807) is 7.11 Å². The van der Waals surface area contributed by atoms with Crippen molar-refractivity contribution >= 4 is 6.29 Å². The lowest BCUT2D eigenvalue weighted by molar-refractivity contribution is 0.112. The second kappa shape index (κ2) is 4.77. The maximum atomic E-state index is 10.7. The molecule has 0 aliphatic rings. The molecule has 0 radical (unpaired) electrons. The van der Waals surface area contributed by atoms with Crippen LogP contribution in [0.4, 0.5) is 0 Å². The van der Waals surface area contributed by atoms with Crippen LogP contribution in [-0.2, 0) is 0 Å². The lowest BCUT2D eigenvalue weighted by Crippen LogP contribution is -2.12. The van der Waals surface area contributed by atoms with Crippen LogP contribution in [0, 0.1) is 0 Å². The number of carbonyl (C=O) groups is 1. The number of benzene rings is 1. The number of nitrogens with one attached hydrogen (secondary N) is 1. The minimum Gasteiger partial charge on any atom is -0.496 e. The maximum absolute atomic E-state index is 10.7. The van der Waals surface area contributed by atoms with Crippen molar-refractivity contribution in [3.05, 3.63) is 29.3 Å². The molecule has 1 atom stereocenters. The van der Waals surface area contributed by atoms with Crippen LogP contribution < -0.4 is 10.1 Å². The zero-order chi connectivity index (χ0) is 10.6. The van der Waals surface area contributed by atoms with Gasteiger partial charge < -0.3 is 10.1 Å². The van der Waals surface area contributed by atoms with E-state index in [0.29, 0.717) is 11.3 Å². The molecular formula is C11H15NO2. The summed E-state index contributed by atoms with van der Waals surface area (Å²) < 4.78 is 5.05. The zero-order valence-electron chi connectivity index (χ0n) is 8.70. The van der Waals surface area contributed by atoms with Crippen LogP contribution in [0.15, 0.2) is 18.2 Å². The molecule has 1 aromatic rings. The van der Waals surface area contributed by atoms with Gasteiger partial charge in [-0.2, -0.15) is 0 Å². The molecule has 0 bridgehead atoms. The Morgan fingerprint density at radius 3 is 2.71 bits per heavy atom. The molecule has 0 heterocycles. The number of rotatable bonds is 4. The summed E-state index contributed by atoms with van der Waals surface area (Å²) >= 11 is 0. The first-order chi connectivity index (χ1) is 6.72. The Kier molecular flexibility index (Phi) is 3.65. The van der Waals surface area contributed by atoms with Crippen LogP contribution in [0.5, 0.6) is 5.75 Å². The molecule has 0 aliphatic carbocycles. The maximum Gasteiger partial charge on any atom is 0.153 e. The van der Waals surface area contributed by atoms with Crippen molar-refractivity contribution in [2.24, 2.45) is 0 Å². The van der Waals surface area contributed by atoms with Crippen molar-refractivity contribution in [3.8, 4) is 5.75 Å². The summed E-state index contributed by atoms with van der Waals surface area (Å²) in [6, 6.07) is 5.84. The Morgan fingerprint density at radius 2 is 2.21 bits per heavy atom. The molecule has 1 rings (SSSR count). The largest absolute Gasteiger partial charge is 0.496 e. The van der Waals surface area contributed by atoms with Crippen LogP contribution in [-0.4, -0.2) is 20.4 Å². The Balaban J connectivity index is 3.07. The number of carbonyl (C=O) groups excluding carboxylic acids is 1. The van der Waals surface area contributed by atoms with Crippen LogP contribution in [0.2, 0.25) is 0 Å². The first-order valence-electron chi connectivity index (χ1n) is 4.53. The van der Waals surface area contributed by atoms with Gasteiger partial charge in [0.25, 0.3) is 0 Å². The Morgan fingerprint density at radius 1 is 1.50 bits per heavy atom. The van der Waals surface area contributed by atoms with E-state index in [4.69, 9.17) is 4.74 Å². The molecule has 1 aromatic carbocycles. The summed E-state index contributed by atoms with van der Waals surface area (Å²) in [4.78, 5) is 10.7. The predicted octanol–water partition coefficient (Wildman–Crippen LogP) is 1.79. The molecule has 0 saturated carbocycles. The lowest BCUT2D eigenvalue weighted by Gasteiger charge is -2.12. The van der Waals surface area contributed by atoms with Gasteiger partial charge in [-0.25, -0.2) is 0 Å². The van der Waals surface area contributed by atoms with Crippen LogP contribution >= 0.6 is 0 Å². The zero-order valence-corrected chi connectivity index (χ0v) is 8.70. The van der Waals surface area contributed by atoms with Crippen molar-refractivity contribution in [2.75, 3.05) is 14.2 Å². The molecular weight excluding hydrogens is 178 g/mol. The summed E-state index contributed by atoms with van der Waals surface area (Å²) in [6.07, 6.45) is 0.810. The van der Waals surface area contributed by atoms with Crippen molar-refractivity contribution in [1.82, 2.24) is 5.32 Å². The number of aldehydes is 1. The average Bonchev–Trinajstić information content (AvgIpc) is 2.26. The van der Waals surface area contributed by atoms with Crippen LogP contribution in [0.3, 0.4) is 0 Å². The second-order valence-corrected chi connectivity index (χ2v) is 3.13. The van der Waals surface area contributed by atoms with Gasteiger partial charge >= 0.3 is 0 Å². The van der Waals surface area contributed by atoms with Gasteiger partial charge in [-0.1, -0.05) is 6.07 Å². The highest BCUT2D eigenvalue weighted by Gasteiger charge is 2.07. The van der Waals surface area contributed by atoms with E-state index >= 15 is 0 Å². The fourth-order valence-corrected chi connectivity index (χ4v) is 1.28. The molecule has 14 heavy (non-hydrogen) atoms. The molecule has 0 aromatic heterocycles. The minimum absolute atomic E-state index is 0.236. The lowest BCUT2D eigenvalue weighted by atomic mass is 10.1. The Hall–Kier alpha value is -1.35. The quantitative estimate of drug-likeness (QED) is 0.741. The van der Waals surface area contributed by atoms with Crippen molar-refractivity contribution < 1.29 is 9.53 Å². The van der Waals surface area contributed by atoms with E-state index in [0.717, 1.165) is 11.8 Å². The van der Waals surface area contributed by atoms with Crippen LogP contribution in [0.25, 0.3) is 0 Å². The summed E-state index contributed by atoms with van der Waals surface area (Å²) in [5, 5.41) is 3.11. The number of ether oxygens (including phenoxy) is 1. The van der Waals surface area contributed by atoms with Gasteiger partial charge in [-0.15, -0.1) is 0 Å². The van der Waals surface area contributed by atoms with E-state index in [2.05, 4.69) is 5.32 Å². The summed E-state index contributed by atoms with van der Waals surface area (Å²) in [5.74, 6) is 0.618. The fraction of sp³-hybridized carbons (Fsp3) is 0.364. The molecule has 0 spiro atoms. The number of hydrogen-bond donors (Lipinski definition) is 1. The van der Waals surface area contributed by atoms with Gasteiger partial charge in [-0.05, 0) is 31.7 Å². The normalized spacial score (nSPS) is 12.2. The Bertz CT molecular complexity index is 323. The number of hydrogen-bond acceptors (Lipinski definition) is 3. The van der Waals surface area contributed by atoms with Crippen LogP contribution in [0.1, 0.15) is 28.9 Å². The third-order valence-corrected chi connectivity index (χ3v) is 2.31. The van der Waals surface area contributed by atoms with Gasteiger partial charge in [0.15, 0.2) is 6.29 Å². The first kappa shape index (κ1) is 10.7. The first-order valence-corrected chi connectivity index (χ1v) is 4.53. The summed E-state index contributed by atoms with van der Waals surface area (Å²) in [6.45, 7) is 2.04. The molecule has 3 nitrogen and oxygen atoms in total. The summed E-state index contributed by atoms with van der Waals surface area (Å²) in [7, 11) is 3.44. The van der Waals surface area contributed by atoms with E-state index in [9.17, 15) is 4.79 Å². The average molecular weight is 193 g/mol. The predicted molar refractivity (Wildman–Crippen MR) is 55.9 cm³/mol. The second-order valence-electron chi connectivity index (χ2n) is 3.13. The highest BCUT2D eigenvalue weighted by atomic mass is 16.5. The highest BCUT2D eigenvalue weighted by molar-refractivity contribution is 5.79. The third-order valence-electron chi connectivity index (χ3n) is 2.31. The van der Waals surface area contributed by atoms with E-state index in [-0.39, 0.29) is 6.04 Å². The molecule has 76 valence electrons. The van der Waals surface area contributed by atoms with Gasteiger partial charge in [-0.3, -0.25) is 4.79 Å². The number of methoxy groups -OCH3 is 1. The minimum atomic E-state index is 0.236. The third kappa shape index (κ3) is 2.12. The van der Waals surface area contributed by atoms with Gasteiger partial charge in [0.1, 0.15) is 5.75 Å². The molecule has 1 unspecified atom stereocenters. The van der Waals surface area contributed by atoms with E-state index < -0.39 is 0 Å². The summed E-state index contributed by atoms with van der Waals surface area (Å²) in [5.41, 5.74) is 1.67. The molecule has 3 heteroatoms. The molecule has 0 fully saturated rings. The van der Waals surface area contributed by atoms with Gasteiger partial charge in [0, 0.05) is 6.04 Å². The Labute approximate surface area is 84.1 Å².